The molecule has 10 nitrogen and oxygen atoms in total. The molecule has 10 heteroatoms. The van der Waals surface area contributed by atoms with Crippen molar-refractivity contribution in [3.05, 3.63) is 148 Å². The standard InChI is InChI=1S/C31H24N6O4/c38-30(23-10-3-1-4-11-23)34-28(31(39)33-20-22-9-8-16-32-19-22)18-25-21-36(26-13-5-2-6-14-26)35-29(25)24-12-7-15-27(17-24)37(40)41/h1-19,21H,20H2,(H,33,39)(H,34,38). The van der Waals surface area contributed by atoms with Gasteiger partial charge in [-0.25, -0.2) is 4.68 Å². The first-order chi connectivity index (χ1) is 20.0. The van der Waals surface area contributed by atoms with E-state index < -0.39 is 16.7 Å². The van der Waals surface area contributed by atoms with Crippen LogP contribution in [0.2, 0.25) is 0 Å². The zero-order chi connectivity index (χ0) is 28.6. The number of hydrogen-bond acceptors (Lipinski definition) is 6. The molecule has 0 aliphatic carbocycles. The number of non-ortho nitro benzene ring substituents is 1. The molecule has 202 valence electrons. The van der Waals surface area contributed by atoms with Gasteiger partial charge in [0.05, 0.1) is 10.6 Å². The first-order valence-corrected chi connectivity index (χ1v) is 12.6. The summed E-state index contributed by atoms with van der Waals surface area (Å²) in [7, 11) is 0. The van der Waals surface area contributed by atoms with Crippen LogP contribution in [0.4, 0.5) is 5.69 Å². The summed E-state index contributed by atoms with van der Waals surface area (Å²) >= 11 is 0. The molecule has 0 aliphatic heterocycles. The van der Waals surface area contributed by atoms with Crippen molar-refractivity contribution >= 4 is 23.6 Å². The number of pyridine rings is 1. The van der Waals surface area contributed by atoms with E-state index in [0.29, 0.717) is 22.4 Å². The van der Waals surface area contributed by atoms with Gasteiger partial charge in [0.15, 0.2) is 0 Å². The van der Waals surface area contributed by atoms with Crippen molar-refractivity contribution in [1.29, 1.82) is 0 Å². The Labute approximate surface area is 235 Å². The van der Waals surface area contributed by atoms with Crippen LogP contribution < -0.4 is 10.6 Å². The largest absolute Gasteiger partial charge is 0.347 e. The number of nitro groups is 1. The molecule has 0 radical (unpaired) electrons. The number of amides is 2. The fourth-order valence-electron chi connectivity index (χ4n) is 4.08. The third-order valence-corrected chi connectivity index (χ3v) is 6.10. The molecular formula is C31H24N6O4. The van der Waals surface area contributed by atoms with Gasteiger partial charge in [0, 0.05) is 54.0 Å². The number of benzene rings is 3. The van der Waals surface area contributed by atoms with Gasteiger partial charge in [-0.05, 0) is 42.0 Å². The van der Waals surface area contributed by atoms with Gasteiger partial charge in [-0.1, -0.05) is 54.6 Å². The normalized spacial score (nSPS) is 11.1. The molecule has 0 fully saturated rings. The Kier molecular flexibility index (Phi) is 8.01. The monoisotopic (exact) mass is 544 g/mol. The van der Waals surface area contributed by atoms with Crippen molar-refractivity contribution in [3.8, 4) is 16.9 Å². The van der Waals surface area contributed by atoms with Crippen molar-refractivity contribution in [2.45, 2.75) is 6.54 Å². The van der Waals surface area contributed by atoms with Crippen LogP contribution in [-0.2, 0) is 11.3 Å². The van der Waals surface area contributed by atoms with E-state index in [9.17, 15) is 19.7 Å². The molecule has 0 spiro atoms. The number of nitrogens with zero attached hydrogens (tertiary/aromatic N) is 4. The fourth-order valence-corrected chi connectivity index (χ4v) is 4.08. The lowest BCUT2D eigenvalue weighted by Crippen LogP contribution is -2.34. The smallest absolute Gasteiger partial charge is 0.270 e. The van der Waals surface area contributed by atoms with Crippen molar-refractivity contribution in [1.82, 2.24) is 25.4 Å². The van der Waals surface area contributed by atoms with Crippen LogP contribution in [0, 0.1) is 10.1 Å². The lowest BCUT2D eigenvalue weighted by molar-refractivity contribution is -0.384. The van der Waals surface area contributed by atoms with Crippen LogP contribution in [0.3, 0.4) is 0 Å². The quantitative estimate of drug-likeness (QED) is 0.154. The minimum atomic E-state index is -0.532. The summed E-state index contributed by atoms with van der Waals surface area (Å²) in [6, 6.07) is 27.5. The summed E-state index contributed by atoms with van der Waals surface area (Å²) in [5.41, 5.74) is 3.11. The number of carbonyl (C=O) groups excluding carboxylic acids is 2. The van der Waals surface area contributed by atoms with E-state index in [1.807, 2.05) is 36.4 Å². The minimum absolute atomic E-state index is 0.0259. The zero-order valence-electron chi connectivity index (χ0n) is 21.7. The van der Waals surface area contributed by atoms with E-state index in [0.717, 1.165) is 11.3 Å². The van der Waals surface area contributed by atoms with Crippen LogP contribution in [0.1, 0.15) is 21.5 Å². The first-order valence-electron chi connectivity index (χ1n) is 12.6. The highest BCUT2D eigenvalue weighted by Crippen LogP contribution is 2.28. The van der Waals surface area contributed by atoms with Gasteiger partial charge in [0.25, 0.3) is 17.5 Å². The zero-order valence-corrected chi connectivity index (χ0v) is 21.7. The molecule has 0 bridgehead atoms. The highest BCUT2D eigenvalue weighted by atomic mass is 16.6. The fraction of sp³-hybridized carbons (Fsp3) is 0.0323. The average Bonchev–Trinajstić information content (AvgIpc) is 3.45. The summed E-state index contributed by atoms with van der Waals surface area (Å²) < 4.78 is 1.62. The van der Waals surface area contributed by atoms with E-state index in [2.05, 4.69) is 15.6 Å². The van der Waals surface area contributed by atoms with Gasteiger partial charge in [0.1, 0.15) is 11.4 Å². The Hall–Kier alpha value is -5.90. The lowest BCUT2D eigenvalue weighted by atomic mass is 10.1. The third-order valence-electron chi connectivity index (χ3n) is 6.10. The van der Waals surface area contributed by atoms with Gasteiger partial charge in [-0.3, -0.25) is 24.7 Å². The molecule has 41 heavy (non-hydrogen) atoms. The Bertz CT molecular complexity index is 1720. The van der Waals surface area contributed by atoms with E-state index in [1.54, 1.807) is 71.8 Å². The number of carbonyl (C=O) groups is 2. The summed E-state index contributed by atoms with van der Waals surface area (Å²) in [5, 5.41) is 21.7. The lowest BCUT2D eigenvalue weighted by Gasteiger charge is -2.11. The molecule has 2 aromatic heterocycles. The van der Waals surface area contributed by atoms with Crippen LogP contribution in [0.25, 0.3) is 23.0 Å². The second kappa shape index (κ2) is 12.3. The highest BCUT2D eigenvalue weighted by Gasteiger charge is 2.19. The molecule has 2 amide bonds. The van der Waals surface area contributed by atoms with Crippen molar-refractivity contribution < 1.29 is 14.5 Å². The summed E-state index contributed by atoms with van der Waals surface area (Å²) in [6.45, 7) is 0.187. The van der Waals surface area contributed by atoms with Crippen molar-refractivity contribution in [2.24, 2.45) is 0 Å². The molecule has 2 heterocycles. The molecule has 3 aromatic carbocycles. The van der Waals surface area contributed by atoms with Crippen LogP contribution >= 0.6 is 0 Å². The predicted molar refractivity (Wildman–Crippen MR) is 154 cm³/mol. The third kappa shape index (κ3) is 6.58. The maximum atomic E-state index is 13.4. The Morgan fingerprint density at radius 3 is 2.39 bits per heavy atom. The average molecular weight is 545 g/mol. The first kappa shape index (κ1) is 26.7. The maximum Gasteiger partial charge on any atom is 0.270 e. The molecule has 0 atom stereocenters. The molecule has 5 rings (SSSR count). The van der Waals surface area contributed by atoms with Gasteiger partial charge >= 0.3 is 0 Å². The topological polar surface area (TPSA) is 132 Å². The molecule has 0 saturated carbocycles. The Balaban J connectivity index is 1.58. The molecular weight excluding hydrogens is 520 g/mol. The number of hydrogen-bond donors (Lipinski definition) is 2. The SMILES string of the molecule is O=C(NCc1cccnc1)C(=Cc1cn(-c2ccccc2)nc1-c1cccc([N+](=O)[O-])c1)NC(=O)c1ccccc1. The molecule has 0 saturated heterocycles. The molecule has 0 unspecified atom stereocenters. The highest BCUT2D eigenvalue weighted by molar-refractivity contribution is 6.05. The number of nitro benzene ring substituents is 1. The summed E-state index contributed by atoms with van der Waals surface area (Å²) in [6.07, 6.45) is 6.49. The van der Waals surface area contributed by atoms with Gasteiger partial charge in [-0.15, -0.1) is 0 Å². The molecule has 5 aromatic rings. The van der Waals surface area contributed by atoms with E-state index in [4.69, 9.17) is 5.10 Å². The number of aromatic nitrogens is 3. The number of rotatable bonds is 9. The van der Waals surface area contributed by atoms with Gasteiger partial charge < -0.3 is 10.6 Å². The second-order valence-corrected chi connectivity index (χ2v) is 8.94. The van der Waals surface area contributed by atoms with E-state index in [-0.39, 0.29) is 17.9 Å². The minimum Gasteiger partial charge on any atom is -0.347 e. The Morgan fingerprint density at radius 1 is 0.927 bits per heavy atom. The van der Waals surface area contributed by atoms with Crippen molar-refractivity contribution in [2.75, 3.05) is 0 Å². The summed E-state index contributed by atoms with van der Waals surface area (Å²) in [5.74, 6) is -1.00. The van der Waals surface area contributed by atoms with Crippen LogP contribution in [0.5, 0.6) is 0 Å². The Morgan fingerprint density at radius 2 is 1.68 bits per heavy atom. The van der Waals surface area contributed by atoms with E-state index >= 15 is 0 Å². The summed E-state index contributed by atoms with van der Waals surface area (Å²) in [4.78, 5) is 41.6. The molecule has 0 aliphatic rings. The van der Waals surface area contributed by atoms with Gasteiger partial charge in [-0.2, -0.15) is 5.10 Å². The van der Waals surface area contributed by atoms with E-state index in [1.165, 1.54) is 18.2 Å². The van der Waals surface area contributed by atoms with Crippen LogP contribution in [0.15, 0.2) is 121 Å². The second-order valence-electron chi connectivity index (χ2n) is 8.94. The number of para-hydroxylation sites is 1. The van der Waals surface area contributed by atoms with Crippen LogP contribution in [-0.4, -0.2) is 31.5 Å². The van der Waals surface area contributed by atoms with Crippen molar-refractivity contribution in [3.63, 3.8) is 0 Å². The molecule has 2 N–H and O–H groups in total. The maximum absolute atomic E-state index is 13.4. The van der Waals surface area contributed by atoms with Gasteiger partial charge in [0.2, 0.25) is 0 Å². The predicted octanol–water partition coefficient (Wildman–Crippen LogP) is 4.93. The number of nitrogens with one attached hydrogen (secondary N) is 2.